The predicted molar refractivity (Wildman–Crippen MR) is 49.0 cm³/mol. The van der Waals surface area contributed by atoms with Gasteiger partial charge in [-0.1, -0.05) is 0 Å². The van der Waals surface area contributed by atoms with Crippen LogP contribution in [-0.4, -0.2) is 26.8 Å². The first-order valence-corrected chi connectivity index (χ1v) is 4.36. The van der Waals surface area contributed by atoms with Crippen LogP contribution < -0.4 is 0 Å². The molecule has 0 radical (unpaired) electrons. The zero-order valence-corrected chi connectivity index (χ0v) is 8.71. The monoisotopic (exact) mass is 218 g/mol. The van der Waals surface area contributed by atoms with Crippen LogP contribution in [0.4, 0.5) is 8.78 Å². The number of carboxylic acids is 1. The summed E-state index contributed by atoms with van der Waals surface area (Å²) in [5, 5.41) is 12.3. The lowest BCUT2D eigenvalue weighted by molar-refractivity contribution is -0.164. The molecule has 1 aromatic rings. The third-order valence-corrected chi connectivity index (χ3v) is 2.37. The Labute approximate surface area is 85.5 Å². The zero-order valence-electron chi connectivity index (χ0n) is 8.71. The number of aromatic nitrogens is 2. The van der Waals surface area contributed by atoms with E-state index in [9.17, 15) is 13.6 Å². The normalized spacial score (nSPS) is 11.8. The van der Waals surface area contributed by atoms with Gasteiger partial charge in [0.1, 0.15) is 0 Å². The first-order chi connectivity index (χ1) is 6.75. The summed E-state index contributed by atoms with van der Waals surface area (Å²) in [7, 11) is 1.63. The molecule has 0 amide bonds. The molecule has 0 unspecified atom stereocenters. The Kier molecular flexibility index (Phi) is 2.79. The van der Waals surface area contributed by atoms with Gasteiger partial charge in [0, 0.05) is 18.3 Å². The van der Waals surface area contributed by atoms with Crippen molar-refractivity contribution in [2.75, 3.05) is 0 Å². The minimum absolute atomic E-state index is 0.296. The van der Waals surface area contributed by atoms with Crippen LogP contribution in [0.5, 0.6) is 0 Å². The molecule has 0 aliphatic carbocycles. The van der Waals surface area contributed by atoms with Crippen molar-refractivity contribution in [2.24, 2.45) is 7.05 Å². The number of carbonyl (C=O) groups is 1. The largest absolute Gasteiger partial charge is 0.477 e. The average Bonchev–Trinajstić information content (AvgIpc) is 2.32. The van der Waals surface area contributed by atoms with Crippen LogP contribution in [0.1, 0.15) is 17.0 Å². The Morgan fingerprint density at radius 1 is 1.53 bits per heavy atom. The molecular weight excluding hydrogens is 206 g/mol. The van der Waals surface area contributed by atoms with Gasteiger partial charge in [-0.25, -0.2) is 4.79 Å². The molecule has 0 saturated heterocycles. The van der Waals surface area contributed by atoms with E-state index in [4.69, 9.17) is 5.11 Å². The van der Waals surface area contributed by atoms with Crippen molar-refractivity contribution in [2.45, 2.75) is 26.2 Å². The Balaban J connectivity index is 3.04. The van der Waals surface area contributed by atoms with E-state index in [1.807, 2.05) is 0 Å². The Morgan fingerprint density at radius 3 is 2.40 bits per heavy atom. The third-order valence-electron chi connectivity index (χ3n) is 2.37. The van der Waals surface area contributed by atoms with E-state index in [2.05, 4.69) is 5.10 Å². The first kappa shape index (κ1) is 11.6. The van der Waals surface area contributed by atoms with Gasteiger partial charge in [0.25, 0.3) is 0 Å². The second-order valence-corrected chi connectivity index (χ2v) is 3.46. The highest BCUT2D eigenvalue weighted by molar-refractivity contribution is 5.75. The molecule has 0 fully saturated rings. The minimum atomic E-state index is -3.74. The van der Waals surface area contributed by atoms with Crippen molar-refractivity contribution in [1.82, 2.24) is 9.78 Å². The lowest BCUT2D eigenvalue weighted by atomic mass is 10.1. The molecule has 15 heavy (non-hydrogen) atoms. The van der Waals surface area contributed by atoms with Crippen LogP contribution in [0, 0.1) is 13.8 Å². The summed E-state index contributed by atoms with van der Waals surface area (Å²) in [4.78, 5) is 10.3. The van der Waals surface area contributed by atoms with E-state index in [0.717, 1.165) is 0 Å². The highest BCUT2D eigenvalue weighted by Gasteiger charge is 2.40. The van der Waals surface area contributed by atoms with E-state index in [-0.39, 0.29) is 0 Å². The average molecular weight is 218 g/mol. The Hall–Kier alpha value is -1.46. The van der Waals surface area contributed by atoms with Crippen molar-refractivity contribution in [3.63, 3.8) is 0 Å². The third kappa shape index (κ3) is 2.14. The van der Waals surface area contributed by atoms with Crippen molar-refractivity contribution in [3.8, 4) is 0 Å². The van der Waals surface area contributed by atoms with Gasteiger partial charge >= 0.3 is 11.9 Å². The quantitative estimate of drug-likeness (QED) is 0.831. The number of rotatable bonds is 3. The number of halogens is 2. The van der Waals surface area contributed by atoms with E-state index in [1.54, 1.807) is 20.9 Å². The fourth-order valence-corrected chi connectivity index (χ4v) is 1.37. The molecule has 1 heterocycles. The highest BCUT2D eigenvalue weighted by Crippen LogP contribution is 2.24. The standard InChI is InChI=1S/C9H12F2N2O2/c1-5-7(6(2)13(3)12-5)4-9(10,11)8(14)15/h4H2,1-3H3,(H,14,15). The SMILES string of the molecule is Cc1nn(C)c(C)c1CC(F)(F)C(=O)O. The number of aryl methyl sites for hydroxylation is 2. The summed E-state index contributed by atoms with van der Waals surface area (Å²) in [5.74, 6) is -5.84. The second kappa shape index (κ2) is 3.60. The number of carboxylic acid groups (broad SMARTS) is 1. The van der Waals surface area contributed by atoms with E-state index in [1.165, 1.54) is 4.68 Å². The Bertz CT molecular complexity index is 399. The number of alkyl halides is 2. The Morgan fingerprint density at radius 2 is 2.07 bits per heavy atom. The summed E-state index contributed by atoms with van der Waals surface area (Å²) >= 11 is 0. The summed E-state index contributed by atoms with van der Waals surface area (Å²) in [6.45, 7) is 3.22. The fourth-order valence-electron chi connectivity index (χ4n) is 1.37. The molecule has 0 atom stereocenters. The lowest BCUT2D eigenvalue weighted by Gasteiger charge is -2.10. The molecule has 6 heteroatoms. The van der Waals surface area contributed by atoms with Crippen molar-refractivity contribution < 1.29 is 18.7 Å². The van der Waals surface area contributed by atoms with Gasteiger partial charge in [-0.05, 0) is 13.8 Å². The van der Waals surface area contributed by atoms with E-state index >= 15 is 0 Å². The van der Waals surface area contributed by atoms with Gasteiger partial charge in [-0.3, -0.25) is 4.68 Å². The molecule has 0 aromatic carbocycles. The molecule has 0 aliphatic heterocycles. The van der Waals surface area contributed by atoms with Crippen molar-refractivity contribution in [3.05, 3.63) is 17.0 Å². The maximum atomic E-state index is 13.0. The summed E-state index contributed by atoms with van der Waals surface area (Å²) < 4.78 is 27.4. The van der Waals surface area contributed by atoms with Crippen molar-refractivity contribution >= 4 is 5.97 Å². The second-order valence-electron chi connectivity index (χ2n) is 3.46. The number of nitrogens with zero attached hydrogens (tertiary/aromatic N) is 2. The number of hydrogen-bond acceptors (Lipinski definition) is 2. The summed E-state index contributed by atoms with van der Waals surface area (Å²) in [6.07, 6.45) is -0.812. The van der Waals surface area contributed by atoms with Gasteiger partial charge < -0.3 is 5.11 Å². The predicted octanol–water partition coefficient (Wildman–Crippen LogP) is 1.30. The van der Waals surface area contributed by atoms with Crippen LogP contribution in [0.2, 0.25) is 0 Å². The van der Waals surface area contributed by atoms with Crippen LogP contribution in [0.15, 0.2) is 0 Å². The zero-order chi connectivity index (χ0) is 11.8. The molecule has 0 saturated carbocycles. The van der Waals surface area contributed by atoms with Crippen LogP contribution >= 0.6 is 0 Å². The van der Waals surface area contributed by atoms with Gasteiger partial charge in [-0.15, -0.1) is 0 Å². The molecule has 1 aromatic heterocycles. The first-order valence-electron chi connectivity index (χ1n) is 4.36. The molecule has 0 spiro atoms. The van der Waals surface area contributed by atoms with Gasteiger partial charge in [0.2, 0.25) is 0 Å². The number of aliphatic carboxylic acids is 1. The lowest BCUT2D eigenvalue weighted by Crippen LogP contribution is -2.31. The van der Waals surface area contributed by atoms with Crippen LogP contribution in [0.25, 0.3) is 0 Å². The van der Waals surface area contributed by atoms with Crippen LogP contribution in [-0.2, 0) is 18.3 Å². The summed E-state index contributed by atoms with van der Waals surface area (Å²) in [6, 6.07) is 0. The molecule has 1 N–H and O–H groups in total. The maximum Gasteiger partial charge on any atom is 0.374 e. The van der Waals surface area contributed by atoms with Crippen molar-refractivity contribution in [1.29, 1.82) is 0 Å². The van der Waals surface area contributed by atoms with Gasteiger partial charge in [0.05, 0.1) is 12.1 Å². The molecule has 0 aliphatic rings. The molecule has 1 rings (SSSR count). The molecule has 0 bridgehead atoms. The minimum Gasteiger partial charge on any atom is -0.477 e. The molecular formula is C9H12F2N2O2. The smallest absolute Gasteiger partial charge is 0.374 e. The van der Waals surface area contributed by atoms with E-state index in [0.29, 0.717) is 17.0 Å². The topological polar surface area (TPSA) is 55.1 Å². The molecule has 4 nitrogen and oxygen atoms in total. The molecule has 84 valence electrons. The summed E-state index contributed by atoms with van der Waals surface area (Å²) in [5.41, 5.74) is 1.30. The number of hydrogen-bond donors (Lipinski definition) is 1. The van der Waals surface area contributed by atoms with Crippen LogP contribution in [0.3, 0.4) is 0 Å². The highest BCUT2D eigenvalue weighted by atomic mass is 19.3. The fraction of sp³-hybridized carbons (Fsp3) is 0.556. The maximum absolute atomic E-state index is 13.0. The van der Waals surface area contributed by atoms with Gasteiger partial charge in [-0.2, -0.15) is 13.9 Å². The van der Waals surface area contributed by atoms with E-state index < -0.39 is 18.3 Å². The van der Waals surface area contributed by atoms with Gasteiger partial charge in [0.15, 0.2) is 0 Å².